The monoisotopic (exact) mass is 209 g/mol. The quantitative estimate of drug-likeness (QED) is 0.737. The van der Waals surface area contributed by atoms with Crippen LogP contribution in [0.3, 0.4) is 0 Å². The molecule has 15 heavy (non-hydrogen) atoms. The van der Waals surface area contributed by atoms with Crippen molar-refractivity contribution in [3.05, 3.63) is 29.8 Å². The van der Waals surface area contributed by atoms with Crippen LogP contribution in [0.2, 0.25) is 0 Å². The second kappa shape index (κ2) is 6.03. The number of carbonyl (C=O) groups excluding carboxylic acids is 1. The molecule has 0 unspecified atom stereocenters. The Labute approximate surface area is 89.0 Å². The second-order valence-electron chi connectivity index (χ2n) is 3.01. The fraction of sp³-hybridized carbons (Fsp3) is 0.364. The van der Waals surface area contributed by atoms with Crippen molar-refractivity contribution in [1.29, 1.82) is 0 Å². The molecule has 4 heteroatoms. The number of rotatable bonds is 5. The highest BCUT2D eigenvalue weighted by Gasteiger charge is 2.05. The molecule has 4 nitrogen and oxygen atoms in total. The van der Waals surface area contributed by atoms with Crippen LogP contribution in [-0.4, -0.2) is 19.6 Å². The van der Waals surface area contributed by atoms with Crippen LogP contribution in [0.15, 0.2) is 24.3 Å². The highest BCUT2D eigenvalue weighted by atomic mass is 16.5. The van der Waals surface area contributed by atoms with Crippen LogP contribution in [0.4, 0.5) is 0 Å². The summed E-state index contributed by atoms with van der Waals surface area (Å²) >= 11 is 0. The fourth-order valence-corrected chi connectivity index (χ4v) is 1.17. The molecule has 0 aromatic heterocycles. The number of ether oxygens (including phenoxy) is 2. The lowest BCUT2D eigenvalue weighted by Gasteiger charge is -2.08. The number of hydrogen-bond acceptors (Lipinski definition) is 4. The van der Waals surface area contributed by atoms with Crippen LogP contribution >= 0.6 is 0 Å². The largest absolute Gasteiger partial charge is 0.496 e. The van der Waals surface area contributed by atoms with Crippen molar-refractivity contribution in [2.75, 3.05) is 13.7 Å². The number of carbonyl (C=O) groups is 1. The number of benzene rings is 1. The van der Waals surface area contributed by atoms with Gasteiger partial charge >= 0.3 is 5.97 Å². The van der Waals surface area contributed by atoms with Crippen LogP contribution in [0.5, 0.6) is 5.75 Å². The summed E-state index contributed by atoms with van der Waals surface area (Å²) in [6.45, 7) is 0.535. The standard InChI is InChI=1S/C11H15NO3/c1-14-10-5-3-2-4-9(10)8-15-11(13)6-7-12/h2-5H,6-8,12H2,1H3. The molecule has 0 aliphatic heterocycles. The number of hydrogen-bond donors (Lipinski definition) is 1. The molecule has 0 atom stereocenters. The predicted molar refractivity (Wildman–Crippen MR) is 56.5 cm³/mol. The molecule has 0 radical (unpaired) electrons. The summed E-state index contributed by atoms with van der Waals surface area (Å²) in [4.78, 5) is 11.1. The summed E-state index contributed by atoms with van der Waals surface area (Å²) < 4.78 is 10.1. The van der Waals surface area contributed by atoms with Gasteiger partial charge < -0.3 is 15.2 Å². The first-order chi connectivity index (χ1) is 7.27. The average molecular weight is 209 g/mol. The van der Waals surface area contributed by atoms with Crippen molar-refractivity contribution in [2.24, 2.45) is 5.73 Å². The molecule has 0 fully saturated rings. The first kappa shape index (κ1) is 11.5. The minimum absolute atomic E-state index is 0.225. The molecular formula is C11H15NO3. The third-order valence-electron chi connectivity index (χ3n) is 1.93. The van der Waals surface area contributed by atoms with E-state index in [1.807, 2.05) is 24.3 Å². The summed E-state index contributed by atoms with van der Waals surface area (Å²) in [5.74, 6) is 0.432. The number of nitrogens with two attached hydrogens (primary N) is 1. The average Bonchev–Trinajstić information content (AvgIpc) is 2.27. The summed E-state index contributed by atoms with van der Waals surface area (Å²) in [5.41, 5.74) is 6.08. The SMILES string of the molecule is COc1ccccc1COC(=O)CCN. The maximum absolute atomic E-state index is 11.1. The van der Waals surface area contributed by atoms with E-state index in [1.54, 1.807) is 7.11 Å². The van der Waals surface area contributed by atoms with Gasteiger partial charge in [-0.15, -0.1) is 0 Å². The van der Waals surface area contributed by atoms with Crippen molar-refractivity contribution >= 4 is 5.97 Å². The lowest BCUT2D eigenvalue weighted by molar-refractivity contribution is -0.144. The molecule has 0 spiro atoms. The molecule has 0 aliphatic carbocycles. The van der Waals surface area contributed by atoms with Crippen LogP contribution in [0.1, 0.15) is 12.0 Å². The van der Waals surface area contributed by atoms with E-state index in [-0.39, 0.29) is 19.0 Å². The Balaban J connectivity index is 2.53. The summed E-state index contributed by atoms with van der Waals surface area (Å²) in [5, 5.41) is 0. The molecule has 0 amide bonds. The van der Waals surface area contributed by atoms with E-state index in [0.29, 0.717) is 6.54 Å². The van der Waals surface area contributed by atoms with E-state index in [2.05, 4.69) is 0 Å². The summed E-state index contributed by atoms with van der Waals surface area (Å²) in [6, 6.07) is 7.42. The van der Waals surface area contributed by atoms with E-state index in [0.717, 1.165) is 11.3 Å². The highest BCUT2D eigenvalue weighted by Crippen LogP contribution is 2.17. The third-order valence-corrected chi connectivity index (χ3v) is 1.93. The van der Waals surface area contributed by atoms with E-state index in [9.17, 15) is 4.79 Å². The number of esters is 1. The Hall–Kier alpha value is -1.55. The molecule has 82 valence electrons. The second-order valence-corrected chi connectivity index (χ2v) is 3.01. The van der Waals surface area contributed by atoms with Gasteiger partial charge in [0.1, 0.15) is 12.4 Å². The Morgan fingerprint density at radius 2 is 2.13 bits per heavy atom. The van der Waals surface area contributed by atoms with Gasteiger partial charge in [-0.3, -0.25) is 4.79 Å². The van der Waals surface area contributed by atoms with Gasteiger partial charge in [0.2, 0.25) is 0 Å². The first-order valence-electron chi connectivity index (χ1n) is 4.75. The zero-order valence-corrected chi connectivity index (χ0v) is 8.73. The van der Waals surface area contributed by atoms with Gasteiger partial charge in [-0.25, -0.2) is 0 Å². The van der Waals surface area contributed by atoms with E-state index >= 15 is 0 Å². The molecule has 1 rings (SSSR count). The molecule has 1 aromatic carbocycles. The predicted octanol–water partition coefficient (Wildman–Crippen LogP) is 1.09. The number of para-hydroxylation sites is 1. The van der Waals surface area contributed by atoms with Crippen LogP contribution in [-0.2, 0) is 16.1 Å². The van der Waals surface area contributed by atoms with Gasteiger partial charge in [-0.1, -0.05) is 18.2 Å². The van der Waals surface area contributed by atoms with Gasteiger partial charge in [0, 0.05) is 12.1 Å². The topological polar surface area (TPSA) is 61.5 Å². The fourth-order valence-electron chi connectivity index (χ4n) is 1.17. The van der Waals surface area contributed by atoms with Gasteiger partial charge in [0.15, 0.2) is 0 Å². The molecule has 0 saturated carbocycles. The Morgan fingerprint density at radius 1 is 1.40 bits per heavy atom. The molecule has 0 aliphatic rings. The molecule has 1 aromatic rings. The van der Waals surface area contributed by atoms with Crippen LogP contribution in [0.25, 0.3) is 0 Å². The molecule has 2 N–H and O–H groups in total. The van der Waals surface area contributed by atoms with Crippen molar-refractivity contribution in [3.63, 3.8) is 0 Å². The van der Waals surface area contributed by atoms with Crippen molar-refractivity contribution in [3.8, 4) is 5.75 Å². The van der Waals surface area contributed by atoms with Crippen LogP contribution in [0, 0.1) is 0 Å². The Kier molecular flexibility index (Phi) is 4.63. The maximum atomic E-state index is 11.1. The lowest BCUT2D eigenvalue weighted by Crippen LogP contribution is -2.11. The lowest BCUT2D eigenvalue weighted by atomic mass is 10.2. The van der Waals surface area contributed by atoms with E-state index < -0.39 is 0 Å². The van der Waals surface area contributed by atoms with E-state index in [1.165, 1.54) is 0 Å². The molecular weight excluding hydrogens is 194 g/mol. The normalized spacial score (nSPS) is 9.73. The molecule has 0 bridgehead atoms. The third kappa shape index (κ3) is 3.59. The zero-order chi connectivity index (χ0) is 11.1. The van der Waals surface area contributed by atoms with Crippen molar-refractivity contribution in [2.45, 2.75) is 13.0 Å². The van der Waals surface area contributed by atoms with Gasteiger partial charge in [0.25, 0.3) is 0 Å². The highest BCUT2D eigenvalue weighted by molar-refractivity contribution is 5.69. The van der Waals surface area contributed by atoms with Crippen molar-refractivity contribution < 1.29 is 14.3 Å². The minimum Gasteiger partial charge on any atom is -0.496 e. The number of methoxy groups -OCH3 is 1. The van der Waals surface area contributed by atoms with E-state index in [4.69, 9.17) is 15.2 Å². The Morgan fingerprint density at radius 3 is 2.80 bits per heavy atom. The Bertz CT molecular complexity index is 325. The van der Waals surface area contributed by atoms with Crippen LogP contribution < -0.4 is 10.5 Å². The summed E-state index contributed by atoms with van der Waals surface area (Å²) in [6.07, 6.45) is 0.245. The maximum Gasteiger partial charge on any atom is 0.307 e. The first-order valence-corrected chi connectivity index (χ1v) is 4.75. The van der Waals surface area contributed by atoms with Gasteiger partial charge in [0.05, 0.1) is 13.5 Å². The van der Waals surface area contributed by atoms with Gasteiger partial charge in [-0.2, -0.15) is 0 Å². The molecule has 0 saturated heterocycles. The minimum atomic E-state index is -0.289. The summed E-state index contributed by atoms with van der Waals surface area (Å²) in [7, 11) is 1.58. The zero-order valence-electron chi connectivity index (χ0n) is 8.73. The molecule has 0 heterocycles. The smallest absolute Gasteiger partial charge is 0.307 e. The van der Waals surface area contributed by atoms with Gasteiger partial charge in [-0.05, 0) is 6.07 Å². The van der Waals surface area contributed by atoms with Crippen molar-refractivity contribution in [1.82, 2.24) is 0 Å².